The van der Waals surface area contributed by atoms with E-state index in [1.165, 1.54) is 0 Å². The second kappa shape index (κ2) is 8.03. The number of amides is 1. The average Bonchev–Trinajstić information content (AvgIpc) is 2.66. The van der Waals surface area contributed by atoms with E-state index in [9.17, 15) is 4.79 Å². The molecule has 0 bridgehead atoms. The smallest absolute Gasteiger partial charge is 0.258 e. The van der Waals surface area contributed by atoms with E-state index in [2.05, 4.69) is 21.2 Å². The molecule has 0 aliphatic heterocycles. The van der Waals surface area contributed by atoms with Gasteiger partial charge >= 0.3 is 0 Å². The number of carbonyl (C=O) groups is 1. The highest BCUT2D eigenvalue weighted by Gasteiger charge is 2.08. The van der Waals surface area contributed by atoms with Crippen LogP contribution in [0.1, 0.15) is 5.56 Å². The molecule has 0 aromatic heterocycles. The van der Waals surface area contributed by atoms with E-state index in [1.807, 2.05) is 60.7 Å². The van der Waals surface area contributed by atoms with E-state index in [4.69, 9.17) is 9.47 Å². The quantitative estimate of drug-likeness (QED) is 0.671. The Morgan fingerprint density at radius 3 is 2.56 bits per heavy atom. The minimum Gasteiger partial charge on any atom is -0.497 e. The summed E-state index contributed by atoms with van der Waals surface area (Å²) in [6.07, 6.45) is 0. The fraction of sp³-hybridized carbons (Fsp3) is 0.150. The molecule has 0 fully saturated rings. The molecule has 0 aliphatic carbocycles. The van der Waals surface area contributed by atoms with Crippen LogP contribution in [0.4, 0.5) is 0 Å². The second-order valence-corrected chi connectivity index (χ2v) is 6.31. The van der Waals surface area contributed by atoms with Gasteiger partial charge in [0, 0.05) is 6.54 Å². The molecule has 1 amide bonds. The van der Waals surface area contributed by atoms with Crippen LogP contribution in [0.25, 0.3) is 10.8 Å². The molecule has 0 spiro atoms. The van der Waals surface area contributed by atoms with Crippen molar-refractivity contribution in [3.8, 4) is 11.5 Å². The predicted molar refractivity (Wildman–Crippen MR) is 102 cm³/mol. The molecular formula is C20H18BrNO3. The van der Waals surface area contributed by atoms with Crippen molar-refractivity contribution < 1.29 is 14.3 Å². The number of ether oxygens (including phenoxy) is 2. The number of fused-ring (bicyclic) bond motifs is 1. The Kier molecular flexibility index (Phi) is 5.56. The Morgan fingerprint density at radius 1 is 1.04 bits per heavy atom. The fourth-order valence-electron chi connectivity index (χ4n) is 2.46. The number of hydrogen-bond donors (Lipinski definition) is 1. The number of benzene rings is 3. The largest absolute Gasteiger partial charge is 0.497 e. The molecule has 0 heterocycles. The Morgan fingerprint density at radius 2 is 1.80 bits per heavy atom. The third-order valence-corrected chi connectivity index (χ3v) is 4.65. The van der Waals surface area contributed by atoms with E-state index < -0.39 is 0 Å². The van der Waals surface area contributed by atoms with Gasteiger partial charge in [-0.3, -0.25) is 4.79 Å². The van der Waals surface area contributed by atoms with Gasteiger partial charge in [0.05, 0.1) is 11.6 Å². The summed E-state index contributed by atoms with van der Waals surface area (Å²) < 4.78 is 11.6. The molecule has 3 aromatic carbocycles. The maximum atomic E-state index is 12.0. The number of methoxy groups -OCH3 is 1. The molecule has 1 N–H and O–H groups in total. The van der Waals surface area contributed by atoms with Crippen molar-refractivity contribution in [2.45, 2.75) is 6.54 Å². The van der Waals surface area contributed by atoms with Crippen molar-refractivity contribution in [1.82, 2.24) is 5.32 Å². The third kappa shape index (κ3) is 4.31. The second-order valence-electron chi connectivity index (χ2n) is 5.51. The van der Waals surface area contributed by atoms with Crippen LogP contribution in [0.15, 0.2) is 65.1 Å². The maximum absolute atomic E-state index is 12.0. The highest BCUT2D eigenvalue weighted by Crippen LogP contribution is 2.32. The van der Waals surface area contributed by atoms with Crippen molar-refractivity contribution in [2.24, 2.45) is 0 Å². The van der Waals surface area contributed by atoms with Crippen LogP contribution in [-0.4, -0.2) is 19.6 Å². The highest BCUT2D eigenvalue weighted by atomic mass is 79.9. The summed E-state index contributed by atoms with van der Waals surface area (Å²) in [5, 5.41) is 5.01. The van der Waals surface area contributed by atoms with Gasteiger partial charge < -0.3 is 14.8 Å². The summed E-state index contributed by atoms with van der Waals surface area (Å²) in [6, 6.07) is 19.4. The Balaban J connectivity index is 1.56. The molecule has 3 aromatic rings. The van der Waals surface area contributed by atoms with E-state index >= 15 is 0 Å². The van der Waals surface area contributed by atoms with Gasteiger partial charge in [0.15, 0.2) is 6.61 Å². The molecule has 0 saturated heterocycles. The average molecular weight is 400 g/mol. The fourth-order valence-corrected chi connectivity index (χ4v) is 3.07. The first-order chi connectivity index (χ1) is 12.2. The van der Waals surface area contributed by atoms with Crippen molar-refractivity contribution in [2.75, 3.05) is 13.7 Å². The summed E-state index contributed by atoms with van der Waals surface area (Å²) in [7, 11) is 1.62. The first-order valence-corrected chi connectivity index (χ1v) is 8.66. The molecule has 0 radical (unpaired) electrons. The van der Waals surface area contributed by atoms with Crippen LogP contribution in [0.2, 0.25) is 0 Å². The van der Waals surface area contributed by atoms with Crippen LogP contribution in [0, 0.1) is 0 Å². The van der Waals surface area contributed by atoms with Crippen molar-refractivity contribution >= 4 is 32.6 Å². The third-order valence-electron chi connectivity index (χ3n) is 3.84. The van der Waals surface area contributed by atoms with Gasteiger partial charge in [-0.25, -0.2) is 0 Å². The van der Waals surface area contributed by atoms with Crippen LogP contribution in [0.3, 0.4) is 0 Å². The number of halogens is 1. The van der Waals surface area contributed by atoms with Crippen LogP contribution in [-0.2, 0) is 11.3 Å². The van der Waals surface area contributed by atoms with Gasteiger partial charge in [-0.2, -0.15) is 0 Å². The normalized spacial score (nSPS) is 10.5. The highest BCUT2D eigenvalue weighted by molar-refractivity contribution is 9.10. The lowest BCUT2D eigenvalue weighted by Gasteiger charge is -2.11. The molecule has 0 aliphatic rings. The number of hydrogen-bond acceptors (Lipinski definition) is 3. The predicted octanol–water partition coefficient (Wildman–Crippen LogP) is 4.31. The lowest BCUT2D eigenvalue weighted by Crippen LogP contribution is -2.28. The molecule has 3 rings (SSSR count). The van der Waals surface area contributed by atoms with E-state index in [-0.39, 0.29) is 12.5 Å². The minimum absolute atomic E-state index is 0.0346. The van der Waals surface area contributed by atoms with Gasteiger partial charge in [0.25, 0.3) is 5.91 Å². The summed E-state index contributed by atoms with van der Waals surface area (Å²) in [4.78, 5) is 12.0. The van der Waals surface area contributed by atoms with Gasteiger partial charge in [-0.05, 0) is 50.5 Å². The Bertz CT molecular complexity index is 878. The zero-order valence-electron chi connectivity index (χ0n) is 13.8. The maximum Gasteiger partial charge on any atom is 0.258 e. The summed E-state index contributed by atoms with van der Waals surface area (Å²) in [5.41, 5.74) is 1.00. The van der Waals surface area contributed by atoms with E-state index in [0.717, 1.165) is 26.6 Å². The minimum atomic E-state index is -0.170. The van der Waals surface area contributed by atoms with E-state index in [1.54, 1.807) is 7.11 Å². The standard InChI is InChI=1S/C20H18BrNO3/c1-24-16-9-6-14(7-10-16)12-22-19(23)13-25-18-11-8-15-4-2-3-5-17(15)20(18)21/h2-11H,12-13H2,1H3,(H,22,23). The molecule has 0 atom stereocenters. The van der Waals surface area contributed by atoms with Crippen molar-refractivity contribution in [3.05, 3.63) is 70.7 Å². The van der Waals surface area contributed by atoms with Crippen LogP contribution < -0.4 is 14.8 Å². The summed E-state index contributed by atoms with van der Waals surface area (Å²) in [5.74, 6) is 1.27. The lowest BCUT2D eigenvalue weighted by atomic mass is 10.1. The zero-order chi connectivity index (χ0) is 17.6. The molecule has 128 valence electrons. The topological polar surface area (TPSA) is 47.6 Å². The molecule has 0 unspecified atom stereocenters. The monoisotopic (exact) mass is 399 g/mol. The van der Waals surface area contributed by atoms with E-state index in [0.29, 0.717) is 12.3 Å². The van der Waals surface area contributed by atoms with Gasteiger partial charge in [-0.15, -0.1) is 0 Å². The number of rotatable bonds is 6. The molecule has 25 heavy (non-hydrogen) atoms. The summed E-state index contributed by atoms with van der Waals surface area (Å²) in [6.45, 7) is 0.415. The first-order valence-electron chi connectivity index (χ1n) is 7.87. The Labute approximate surface area is 154 Å². The molecule has 0 saturated carbocycles. The van der Waals surface area contributed by atoms with Crippen LogP contribution >= 0.6 is 15.9 Å². The Hall–Kier alpha value is -2.53. The van der Waals surface area contributed by atoms with Crippen molar-refractivity contribution in [3.63, 3.8) is 0 Å². The SMILES string of the molecule is COc1ccc(CNC(=O)COc2ccc3ccccc3c2Br)cc1. The van der Waals surface area contributed by atoms with Crippen molar-refractivity contribution in [1.29, 1.82) is 0 Å². The first kappa shape index (κ1) is 17.3. The molecule has 4 nitrogen and oxygen atoms in total. The number of nitrogens with one attached hydrogen (secondary N) is 1. The van der Waals surface area contributed by atoms with Gasteiger partial charge in [0.2, 0.25) is 0 Å². The number of carbonyl (C=O) groups excluding carboxylic acids is 1. The molecule has 5 heteroatoms. The zero-order valence-corrected chi connectivity index (χ0v) is 15.4. The lowest BCUT2D eigenvalue weighted by molar-refractivity contribution is -0.123. The van der Waals surface area contributed by atoms with Gasteiger partial charge in [-0.1, -0.05) is 42.5 Å². The molecular weight excluding hydrogens is 382 g/mol. The summed E-state index contributed by atoms with van der Waals surface area (Å²) >= 11 is 3.55. The van der Waals surface area contributed by atoms with Crippen LogP contribution in [0.5, 0.6) is 11.5 Å². The van der Waals surface area contributed by atoms with Gasteiger partial charge in [0.1, 0.15) is 11.5 Å².